The fourth-order valence-corrected chi connectivity index (χ4v) is 3.72. The van der Waals surface area contributed by atoms with E-state index in [0.717, 1.165) is 37.2 Å². The van der Waals surface area contributed by atoms with E-state index in [-0.39, 0.29) is 11.7 Å². The molecule has 2 aromatic rings. The Morgan fingerprint density at radius 1 is 1.25 bits per heavy atom. The van der Waals surface area contributed by atoms with Gasteiger partial charge in [-0.1, -0.05) is 11.6 Å². The van der Waals surface area contributed by atoms with Gasteiger partial charge in [0.25, 0.3) is 5.56 Å². The lowest BCUT2D eigenvalue weighted by atomic mass is 9.84. The molecule has 0 amide bonds. The number of methoxy groups -OCH3 is 1. The van der Waals surface area contributed by atoms with E-state index < -0.39 is 0 Å². The third-order valence-corrected chi connectivity index (χ3v) is 5.17. The first-order chi connectivity index (χ1) is 11.7. The molecule has 1 aromatic carbocycles. The maximum absolute atomic E-state index is 11.8. The van der Waals surface area contributed by atoms with Crippen molar-refractivity contribution in [3.05, 3.63) is 39.8 Å². The number of pyridine rings is 1. The van der Waals surface area contributed by atoms with Gasteiger partial charge in [0.1, 0.15) is 5.75 Å². The summed E-state index contributed by atoms with van der Waals surface area (Å²) >= 11 is 6.32. The molecule has 1 heterocycles. The number of hydrogen-bond acceptors (Lipinski definition) is 3. The largest absolute Gasteiger partial charge is 0.489 e. The van der Waals surface area contributed by atoms with E-state index in [2.05, 4.69) is 4.98 Å². The summed E-state index contributed by atoms with van der Waals surface area (Å²) in [4.78, 5) is 14.5. The summed E-state index contributed by atoms with van der Waals surface area (Å²) < 4.78 is 11.3. The molecule has 5 heteroatoms. The van der Waals surface area contributed by atoms with Crippen LogP contribution in [0.1, 0.15) is 38.5 Å². The maximum Gasteiger partial charge on any atom is 0.255 e. The van der Waals surface area contributed by atoms with Gasteiger partial charge in [0.05, 0.1) is 11.1 Å². The van der Waals surface area contributed by atoms with Gasteiger partial charge in [-0.3, -0.25) is 4.79 Å². The Morgan fingerprint density at radius 2 is 2.04 bits per heavy atom. The minimum absolute atomic E-state index is 0.127. The Morgan fingerprint density at radius 3 is 2.79 bits per heavy atom. The number of rotatable bonds is 6. The van der Waals surface area contributed by atoms with E-state index in [9.17, 15) is 4.79 Å². The van der Waals surface area contributed by atoms with Crippen LogP contribution in [0.5, 0.6) is 5.75 Å². The monoisotopic (exact) mass is 349 g/mol. The topological polar surface area (TPSA) is 51.3 Å². The lowest BCUT2D eigenvalue weighted by Gasteiger charge is -2.29. The first-order valence-electron chi connectivity index (χ1n) is 8.64. The molecule has 0 bridgehead atoms. The lowest BCUT2D eigenvalue weighted by Crippen LogP contribution is -2.24. The highest BCUT2D eigenvalue weighted by molar-refractivity contribution is 6.32. The molecule has 0 radical (unpaired) electrons. The van der Waals surface area contributed by atoms with E-state index in [0.29, 0.717) is 16.2 Å². The smallest absolute Gasteiger partial charge is 0.255 e. The summed E-state index contributed by atoms with van der Waals surface area (Å²) in [5.74, 6) is 1.46. The molecule has 1 aromatic heterocycles. The molecule has 0 atom stereocenters. The van der Waals surface area contributed by atoms with Crippen molar-refractivity contribution in [2.45, 2.75) is 44.6 Å². The van der Waals surface area contributed by atoms with Gasteiger partial charge < -0.3 is 14.5 Å². The first-order valence-corrected chi connectivity index (χ1v) is 9.01. The van der Waals surface area contributed by atoms with Crippen LogP contribution >= 0.6 is 11.6 Å². The number of aromatic amines is 1. The third kappa shape index (κ3) is 4.11. The van der Waals surface area contributed by atoms with E-state index in [1.807, 2.05) is 12.1 Å². The Hall–Kier alpha value is -1.52. The van der Waals surface area contributed by atoms with E-state index in [1.165, 1.54) is 19.3 Å². The zero-order valence-electron chi connectivity index (χ0n) is 14.0. The molecule has 130 valence electrons. The summed E-state index contributed by atoms with van der Waals surface area (Å²) in [7, 11) is 1.76. The minimum atomic E-state index is -0.127. The molecule has 0 unspecified atom stereocenters. The number of benzene rings is 1. The van der Waals surface area contributed by atoms with Gasteiger partial charge >= 0.3 is 0 Å². The summed E-state index contributed by atoms with van der Waals surface area (Å²) in [5, 5.41) is 1.95. The quantitative estimate of drug-likeness (QED) is 0.778. The fourth-order valence-electron chi connectivity index (χ4n) is 3.51. The molecule has 1 aliphatic carbocycles. The Labute approximate surface area is 147 Å². The number of H-pyrrole nitrogens is 1. The molecular weight excluding hydrogens is 326 g/mol. The molecular formula is C19H24ClNO3. The summed E-state index contributed by atoms with van der Waals surface area (Å²) in [6.07, 6.45) is 8.73. The van der Waals surface area contributed by atoms with E-state index in [1.54, 1.807) is 19.4 Å². The van der Waals surface area contributed by atoms with Gasteiger partial charge in [-0.2, -0.15) is 0 Å². The van der Waals surface area contributed by atoms with Crippen molar-refractivity contribution in [1.29, 1.82) is 0 Å². The molecule has 0 saturated heterocycles. The molecule has 1 N–H and O–H groups in total. The highest BCUT2D eigenvalue weighted by atomic mass is 35.5. The fraction of sp³-hybridized carbons (Fsp3) is 0.526. The highest BCUT2D eigenvalue weighted by Gasteiger charge is 2.23. The van der Waals surface area contributed by atoms with Gasteiger partial charge in [-0.05, 0) is 68.0 Å². The Balaban J connectivity index is 1.62. The van der Waals surface area contributed by atoms with Crippen LogP contribution in [0, 0.1) is 5.92 Å². The molecule has 1 aliphatic rings. The van der Waals surface area contributed by atoms with Gasteiger partial charge in [-0.25, -0.2) is 0 Å². The summed E-state index contributed by atoms with van der Waals surface area (Å²) in [6.45, 7) is 0.849. The van der Waals surface area contributed by atoms with Crippen molar-refractivity contribution < 1.29 is 9.47 Å². The molecule has 1 saturated carbocycles. The first kappa shape index (κ1) is 17.3. The average molecular weight is 350 g/mol. The van der Waals surface area contributed by atoms with Gasteiger partial charge in [0, 0.05) is 25.3 Å². The third-order valence-electron chi connectivity index (χ3n) is 4.87. The van der Waals surface area contributed by atoms with Crippen molar-refractivity contribution in [1.82, 2.24) is 4.98 Å². The second-order valence-corrected chi connectivity index (χ2v) is 6.98. The van der Waals surface area contributed by atoms with Gasteiger partial charge in [-0.15, -0.1) is 0 Å². The number of aromatic nitrogens is 1. The van der Waals surface area contributed by atoms with Crippen LogP contribution in [0.15, 0.2) is 29.2 Å². The van der Waals surface area contributed by atoms with Crippen LogP contribution in [0.4, 0.5) is 0 Å². The van der Waals surface area contributed by atoms with Crippen LogP contribution < -0.4 is 10.3 Å². The summed E-state index contributed by atoms with van der Waals surface area (Å²) in [5.41, 5.74) is -0.127. The summed E-state index contributed by atoms with van der Waals surface area (Å²) in [6, 6.07) is 5.44. The van der Waals surface area contributed by atoms with Crippen LogP contribution in [-0.4, -0.2) is 24.8 Å². The predicted octanol–water partition coefficient (Wildman–Crippen LogP) is 4.55. The van der Waals surface area contributed by atoms with Crippen LogP contribution in [0.2, 0.25) is 5.02 Å². The van der Waals surface area contributed by atoms with Crippen molar-refractivity contribution in [3.8, 4) is 5.75 Å². The zero-order chi connectivity index (χ0) is 16.9. The molecule has 0 aliphatic heterocycles. The number of nitrogens with one attached hydrogen (secondary N) is 1. The highest BCUT2D eigenvalue weighted by Crippen LogP contribution is 2.34. The molecule has 24 heavy (non-hydrogen) atoms. The van der Waals surface area contributed by atoms with Crippen molar-refractivity contribution in [2.24, 2.45) is 5.92 Å². The molecule has 0 spiro atoms. The maximum atomic E-state index is 11.8. The SMILES string of the molecule is COCCCC1CCC(Oc2cc3cc[nH]c(=O)c3cc2Cl)CC1. The predicted molar refractivity (Wildman–Crippen MR) is 97.1 cm³/mol. The van der Waals surface area contributed by atoms with Crippen LogP contribution in [-0.2, 0) is 4.74 Å². The minimum Gasteiger partial charge on any atom is -0.489 e. The number of fused-ring (bicyclic) bond motifs is 1. The molecule has 4 nitrogen and oxygen atoms in total. The normalized spacial score (nSPS) is 21.1. The average Bonchev–Trinajstić information content (AvgIpc) is 2.58. The van der Waals surface area contributed by atoms with Crippen LogP contribution in [0.3, 0.4) is 0 Å². The van der Waals surface area contributed by atoms with E-state index >= 15 is 0 Å². The van der Waals surface area contributed by atoms with Crippen LogP contribution in [0.25, 0.3) is 10.8 Å². The zero-order valence-corrected chi connectivity index (χ0v) is 14.8. The number of halogens is 1. The Kier molecular flexibility index (Phi) is 5.80. The van der Waals surface area contributed by atoms with Crippen molar-refractivity contribution >= 4 is 22.4 Å². The molecule has 1 fully saturated rings. The van der Waals surface area contributed by atoms with Gasteiger partial charge in [0.2, 0.25) is 0 Å². The lowest BCUT2D eigenvalue weighted by molar-refractivity contribution is 0.122. The standard InChI is InChI=1S/C19H24ClNO3/c1-23-10-2-3-13-4-6-15(7-5-13)24-18-11-14-8-9-21-19(22)16(14)12-17(18)20/h8-9,11-13,15H,2-7,10H2,1H3,(H,21,22). The van der Waals surface area contributed by atoms with Crippen molar-refractivity contribution in [3.63, 3.8) is 0 Å². The number of ether oxygens (including phenoxy) is 2. The second-order valence-electron chi connectivity index (χ2n) is 6.57. The second kappa shape index (κ2) is 8.04. The van der Waals surface area contributed by atoms with Crippen molar-refractivity contribution in [2.75, 3.05) is 13.7 Å². The van der Waals surface area contributed by atoms with Gasteiger partial charge in [0.15, 0.2) is 0 Å². The van der Waals surface area contributed by atoms with E-state index in [4.69, 9.17) is 21.1 Å². The molecule has 3 rings (SSSR count). The Bertz CT molecular complexity index is 735. The number of hydrogen-bond donors (Lipinski definition) is 1.